The number of hydrogen-bond donors (Lipinski definition) is 1. The predicted octanol–water partition coefficient (Wildman–Crippen LogP) is 1.63. The third kappa shape index (κ3) is 4.55. The molecule has 164 valence electrons. The number of nitrogens with zero attached hydrogens (tertiary/aromatic N) is 4. The van der Waals surface area contributed by atoms with Crippen molar-refractivity contribution >= 4 is 23.5 Å². The minimum absolute atomic E-state index is 0.0641. The van der Waals surface area contributed by atoms with Crippen molar-refractivity contribution < 1.29 is 19.1 Å². The zero-order valence-electron chi connectivity index (χ0n) is 17.8. The van der Waals surface area contributed by atoms with Crippen molar-refractivity contribution in [3.8, 4) is 11.5 Å². The second-order valence-electron chi connectivity index (χ2n) is 7.76. The molecule has 1 aromatic heterocycles. The maximum Gasteiger partial charge on any atom is 0.227 e. The van der Waals surface area contributed by atoms with Gasteiger partial charge in [0.15, 0.2) is 11.5 Å². The third-order valence-corrected chi connectivity index (χ3v) is 5.85. The molecule has 0 radical (unpaired) electrons. The molecule has 1 unspecified atom stereocenters. The number of amides is 2. The summed E-state index contributed by atoms with van der Waals surface area (Å²) < 4.78 is 10.6. The van der Waals surface area contributed by atoms with Gasteiger partial charge in [0.1, 0.15) is 0 Å². The zero-order chi connectivity index (χ0) is 21.8. The quantitative estimate of drug-likeness (QED) is 0.751. The fourth-order valence-corrected chi connectivity index (χ4v) is 4.12. The van der Waals surface area contributed by atoms with Crippen molar-refractivity contribution in [2.45, 2.75) is 25.3 Å². The van der Waals surface area contributed by atoms with Crippen molar-refractivity contribution in [1.82, 2.24) is 15.3 Å². The fraction of sp³-hybridized carbons (Fsp3) is 0.455. The average Bonchev–Trinajstić information content (AvgIpc) is 3.21. The molecule has 1 N–H and O–H groups in total. The Morgan fingerprint density at radius 1 is 1.10 bits per heavy atom. The zero-order valence-corrected chi connectivity index (χ0v) is 17.8. The monoisotopic (exact) mass is 425 g/mol. The average molecular weight is 425 g/mol. The number of nitrogens with one attached hydrogen (secondary N) is 1. The first-order chi connectivity index (χ1) is 15.1. The molecule has 0 spiro atoms. The van der Waals surface area contributed by atoms with Gasteiger partial charge in [-0.25, -0.2) is 9.97 Å². The molecule has 2 saturated heterocycles. The Morgan fingerprint density at radius 3 is 2.48 bits per heavy atom. The van der Waals surface area contributed by atoms with Gasteiger partial charge in [-0.05, 0) is 31.0 Å². The Morgan fingerprint density at radius 2 is 1.81 bits per heavy atom. The molecule has 2 aliphatic rings. The summed E-state index contributed by atoms with van der Waals surface area (Å²) in [7, 11) is 3.12. The van der Waals surface area contributed by atoms with Gasteiger partial charge in [0.25, 0.3) is 0 Å². The number of aromatic nitrogens is 2. The summed E-state index contributed by atoms with van der Waals surface area (Å²) in [6.45, 7) is 1.93. The lowest BCUT2D eigenvalue weighted by Gasteiger charge is -2.32. The lowest BCUT2D eigenvalue weighted by molar-refractivity contribution is -0.127. The molecule has 2 aliphatic heterocycles. The first kappa shape index (κ1) is 20.9. The van der Waals surface area contributed by atoms with E-state index in [9.17, 15) is 9.59 Å². The van der Waals surface area contributed by atoms with Crippen LogP contribution >= 0.6 is 0 Å². The Balaban J connectivity index is 1.33. The van der Waals surface area contributed by atoms with Crippen LogP contribution in [0.4, 0.5) is 11.6 Å². The van der Waals surface area contributed by atoms with E-state index in [1.54, 1.807) is 55.8 Å². The van der Waals surface area contributed by atoms with Gasteiger partial charge in [-0.1, -0.05) is 0 Å². The van der Waals surface area contributed by atoms with Gasteiger partial charge in [-0.3, -0.25) is 9.59 Å². The van der Waals surface area contributed by atoms with Gasteiger partial charge in [-0.15, -0.1) is 0 Å². The van der Waals surface area contributed by atoms with Crippen LogP contribution in [0, 0.1) is 5.92 Å². The van der Waals surface area contributed by atoms with Gasteiger partial charge in [-0.2, -0.15) is 0 Å². The van der Waals surface area contributed by atoms with Crippen LogP contribution in [0.5, 0.6) is 11.5 Å². The molecule has 9 nitrogen and oxygen atoms in total. The van der Waals surface area contributed by atoms with Crippen LogP contribution in [0.2, 0.25) is 0 Å². The Hall–Kier alpha value is -3.36. The summed E-state index contributed by atoms with van der Waals surface area (Å²) in [6.07, 6.45) is 5.32. The predicted molar refractivity (Wildman–Crippen MR) is 115 cm³/mol. The first-order valence-corrected chi connectivity index (χ1v) is 10.4. The maximum atomic E-state index is 12.8. The first-order valence-electron chi connectivity index (χ1n) is 10.4. The summed E-state index contributed by atoms with van der Waals surface area (Å²) in [5.41, 5.74) is 0.703. The minimum atomic E-state index is -0.365. The summed E-state index contributed by atoms with van der Waals surface area (Å²) in [6, 6.07) is 7.22. The van der Waals surface area contributed by atoms with Gasteiger partial charge >= 0.3 is 0 Å². The standard InChI is InChI=1S/C22H27N5O4/c1-30-18-5-4-17(13-19(18)31-2)27-14-15(12-20(27)28)21(29)25-16-6-10-26(11-7-16)22-23-8-3-9-24-22/h3-5,8-9,13,15-16H,6-7,10-12,14H2,1-2H3,(H,25,29). The third-order valence-electron chi connectivity index (χ3n) is 5.85. The van der Waals surface area contributed by atoms with E-state index in [0.717, 1.165) is 31.9 Å². The normalized spacial score (nSPS) is 19.4. The van der Waals surface area contributed by atoms with Crippen LogP contribution < -0.4 is 24.6 Å². The molecule has 2 aromatic rings. The van der Waals surface area contributed by atoms with Crippen LogP contribution in [0.1, 0.15) is 19.3 Å². The molecule has 9 heteroatoms. The summed E-state index contributed by atoms with van der Waals surface area (Å²) in [5.74, 6) is 1.37. The van der Waals surface area contributed by atoms with Crippen LogP contribution in [0.3, 0.4) is 0 Å². The van der Waals surface area contributed by atoms with Crippen molar-refractivity contribution in [2.75, 3.05) is 43.7 Å². The summed E-state index contributed by atoms with van der Waals surface area (Å²) in [5, 5.41) is 3.14. The highest BCUT2D eigenvalue weighted by Crippen LogP contribution is 2.34. The van der Waals surface area contributed by atoms with E-state index in [2.05, 4.69) is 20.2 Å². The SMILES string of the molecule is COc1ccc(N2CC(C(=O)NC3CCN(c4ncccn4)CC3)CC2=O)cc1OC. The molecule has 0 saturated carbocycles. The van der Waals surface area contributed by atoms with E-state index in [-0.39, 0.29) is 30.2 Å². The molecular weight excluding hydrogens is 398 g/mol. The van der Waals surface area contributed by atoms with Gasteiger partial charge < -0.3 is 24.6 Å². The number of benzene rings is 1. The Kier molecular flexibility index (Phi) is 6.20. The Bertz CT molecular complexity index is 931. The lowest BCUT2D eigenvalue weighted by Crippen LogP contribution is -2.47. The van der Waals surface area contributed by atoms with Crippen molar-refractivity contribution in [3.63, 3.8) is 0 Å². The number of carbonyl (C=O) groups excluding carboxylic acids is 2. The molecular formula is C22H27N5O4. The molecule has 0 bridgehead atoms. The second-order valence-corrected chi connectivity index (χ2v) is 7.76. The van der Waals surface area contributed by atoms with E-state index >= 15 is 0 Å². The van der Waals surface area contributed by atoms with E-state index in [4.69, 9.17) is 9.47 Å². The second kappa shape index (κ2) is 9.20. The molecule has 31 heavy (non-hydrogen) atoms. The number of piperidine rings is 1. The largest absolute Gasteiger partial charge is 0.493 e. The molecule has 4 rings (SSSR count). The van der Waals surface area contributed by atoms with Gasteiger partial charge in [0, 0.05) is 56.2 Å². The van der Waals surface area contributed by atoms with Crippen LogP contribution in [0.25, 0.3) is 0 Å². The summed E-state index contributed by atoms with van der Waals surface area (Å²) >= 11 is 0. The molecule has 2 amide bonds. The molecule has 2 fully saturated rings. The fourth-order valence-electron chi connectivity index (χ4n) is 4.12. The van der Waals surface area contributed by atoms with E-state index < -0.39 is 0 Å². The van der Waals surface area contributed by atoms with Crippen LogP contribution in [-0.4, -0.2) is 61.7 Å². The van der Waals surface area contributed by atoms with Crippen molar-refractivity contribution in [1.29, 1.82) is 0 Å². The minimum Gasteiger partial charge on any atom is -0.493 e. The molecule has 3 heterocycles. The highest BCUT2D eigenvalue weighted by molar-refractivity contribution is 6.00. The molecule has 1 atom stereocenters. The Labute approximate surface area is 181 Å². The van der Waals surface area contributed by atoms with Gasteiger partial charge in [0.05, 0.1) is 20.1 Å². The lowest BCUT2D eigenvalue weighted by atomic mass is 10.0. The number of methoxy groups -OCH3 is 2. The number of rotatable bonds is 6. The van der Waals surface area contributed by atoms with Crippen molar-refractivity contribution in [2.24, 2.45) is 5.92 Å². The highest BCUT2D eigenvalue weighted by atomic mass is 16.5. The number of hydrogen-bond acceptors (Lipinski definition) is 7. The smallest absolute Gasteiger partial charge is 0.227 e. The van der Waals surface area contributed by atoms with E-state index in [1.807, 2.05) is 0 Å². The topological polar surface area (TPSA) is 96.9 Å². The number of anilines is 2. The van der Waals surface area contributed by atoms with E-state index in [0.29, 0.717) is 23.7 Å². The van der Waals surface area contributed by atoms with Crippen molar-refractivity contribution in [3.05, 3.63) is 36.7 Å². The van der Waals surface area contributed by atoms with Gasteiger partial charge in [0.2, 0.25) is 17.8 Å². The van der Waals surface area contributed by atoms with E-state index in [1.165, 1.54) is 0 Å². The maximum absolute atomic E-state index is 12.8. The number of carbonyl (C=O) groups is 2. The van der Waals surface area contributed by atoms with Crippen LogP contribution in [0.15, 0.2) is 36.7 Å². The number of ether oxygens (including phenoxy) is 2. The molecule has 1 aromatic carbocycles. The molecule has 0 aliphatic carbocycles. The van der Waals surface area contributed by atoms with Crippen LogP contribution in [-0.2, 0) is 9.59 Å². The summed E-state index contributed by atoms with van der Waals surface area (Å²) in [4.78, 5) is 37.8. The highest BCUT2D eigenvalue weighted by Gasteiger charge is 2.36.